The smallest absolute Gasteiger partial charge is 0.218 e. The molecule has 1 aliphatic rings. The highest BCUT2D eigenvalue weighted by Gasteiger charge is 2.18. The van der Waals surface area contributed by atoms with Crippen molar-refractivity contribution in [2.75, 3.05) is 21.3 Å². The van der Waals surface area contributed by atoms with Gasteiger partial charge in [-0.2, -0.15) is 0 Å². The third-order valence-electron chi connectivity index (χ3n) is 5.04. The van der Waals surface area contributed by atoms with Gasteiger partial charge in [0, 0.05) is 43.5 Å². The number of methoxy groups -OCH3 is 2. The number of rotatable bonds is 8. The van der Waals surface area contributed by atoms with Crippen LogP contribution in [0.25, 0.3) is 0 Å². The summed E-state index contributed by atoms with van der Waals surface area (Å²) in [5, 5.41) is 6.65. The number of pyridine rings is 1. The Morgan fingerprint density at radius 3 is 2.47 bits per heavy atom. The van der Waals surface area contributed by atoms with E-state index in [9.17, 15) is 0 Å². The number of hydrogen-bond acceptors (Lipinski definition) is 5. The van der Waals surface area contributed by atoms with E-state index in [0.29, 0.717) is 24.9 Å². The van der Waals surface area contributed by atoms with Crippen LogP contribution in [0.4, 0.5) is 0 Å². The van der Waals surface area contributed by atoms with E-state index in [4.69, 9.17) is 14.2 Å². The molecule has 1 aromatic carbocycles. The molecule has 1 aliphatic carbocycles. The van der Waals surface area contributed by atoms with Crippen LogP contribution in [-0.2, 0) is 13.1 Å². The molecule has 164 valence electrons. The van der Waals surface area contributed by atoms with Gasteiger partial charge in [-0.25, -0.2) is 4.98 Å². The number of aromatic nitrogens is 1. The largest absolute Gasteiger partial charge is 0.497 e. The third kappa shape index (κ3) is 6.65. The predicted molar refractivity (Wildman–Crippen MR) is 129 cm³/mol. The highest BCUT2D eigenvalue weighted by molar-refractivity contribution is 14.0. The number of guanidine groups is 1. The van der Waals surface area contributed by atoms with E-state index < -0.39 is 0 Å². The molecule has 0 amide bonds. The zero-order valence-electron chi connectivity index (χ0n) is 17.8. The molecular formula is C22H31IN4O3. The van der Waals surface area contributed by atoms with Crippen molar-refractivity contribution in [2.24, 2.45) is 4.99 Å². The van der Waals surface area contributed by atoms with Gasteiger partial charge in [-0.3, -0.25) is 4.99 Å². The van der Waals surface area contributed by atoms with E-state index >= 15 is 0 Å². The zero-order chi connectivity index (χ0) is 20.5. The topological polar surface area (TPSA) is 77.0 Å². The Bertz CT molecular complexity index is 826. The van der Waals surface area contributed by atoms with E-state index in [1.807, 2.05) is 30.3 Å². The van der Waals surface area contributed by atoms with Crippen LogP contribution in [0, 0.1) is 0 Å². The second kappa shape index (κ2) is 12.5. The first-order chi connectivity index (χ1) is 14.2. The Morgan fingerprint density at radius 2 is 1.80 bits per heavy atom. The summed E-state index contributed by atoms with van der Waals surface area (Å²) in [5.41, 5.74) is 2.03. The van der Waals surface area contributed by atoms with Gasteiger partial charge in [-0.1, -0.05) is 6.07 Å². The van der Waals surface area contributed by atoms with Crippen LogP contribution >= 0.6 is 24.0 Å². The highest BCUT2D eigenvalue weighted by Crippen LogP contribution is 2.25. The van der Waals surface area contributed by atoms with Gasteiger partial charge in [0.15, 0.2) is 5.96 Å². The van der Waals surface area contributed by atoms with Crippen molar-refractivity contribution in [3.63, 3.8) is 0 Å². The van der Waals surface area contributed by atoms with Crippen LogP contribution in [0.2, 0.25) is 0 Å². The van der Waals surface area contributed by atoms with E-state index in [2.05, 4.69) is 20.6 Å². The van der Waals surface area contributed by atoms with Crippen molar-refractivity contribution in [2.45, 2.75) is 44.9 Å². The molecule has 1 heterocycles. The maximum Gasteiger partial charge on any atom is 0.218 e. The second-order valence-corrected chi connectivity index (χ2v) is 6.95. The van der Waals surface area contributed by atoms with Crippen molar-refractivity contribution in [1.29, 1.82) is 0 Å². The molecule has 0 saturated heterocycles. The first-order valence-electron chi connectivity index (χ1n) is 9.99. The average molecular weight is 526 g/mol. The molecule has 1 fully saturated rings. The fourth-order valence-electron chi connectivity index (χ4n) is 3.41. The maximum absolute atomic E-state index is 6.11. The van der Waals surface area contributed by atoms with E-state index in [1.165, 1.54) is 12.8 Å². The van der Waals surface area contributed by atoms with Gasteiger partial charge in [0.2, 0.25) is 5.88 Å². The lowest BCUT2D eigenvalue weighted by Crippen LogP contribution is -2.36. The maximum atomic E-state index is 6.11. The summed E-state index contributed by atoms with van der Waals surface area (Å²) in [6.45, 7) is 1.15. The van der Waals surface area contributed by atoms with E-state index in [0.717, 1.165) is 35.5 Å². The summed E-state index contributed by atoms with van der Waals surface area (Å²) < 4.78 is 16.8. The molecular weight excluding hydrogens is 495 g/mol. The van der Waals surface area contributed by atoms with Crippen molar-refractivity contribution < 1.29 is 14.2 Å². The van der Waals surface area contributed by atoms with Crippen molar-refractivity contribution in [3.8, 4) is 17.4 Å². The molecule has 0 atom stereocenters. The Hall–Kier alpha value is -2.23. The number of nitrogens with one attached hydrogen (secondary N) is 2. The standard InChI is InChI=1S/C22H30N4O3.HI/c1-23-22(25-14-16-10-11-19(27-2)13-20(16)28-3)26-15-17-7-6-12-24-21(17)29-18-8-4-5-9-18;/h6-7,10-13,18H,4-5,8-9,14-15H2,1-3H3,(H2,23,25,26);1H. The Kier molecular flexibility index (Phi) is 9.99. The lowest BCUT2D eigenvalue weighted by Gasteiger charge is -2.17. The Morgan fingerprint density at radius 1 is 1.07 bits per heavy atom. The van der Waals surface area contributed by atoms with Gasteiger partial charge in [-0.05, 0) is 43.9 Å². The normalized spacial score (nSPS) is 14.0. The monoisotopic (exact) mass is 526 g/mol. The van der Waals surface area contributed by atoms with Gasteiger partial charge >= 0.3 is 0 Å². The van der Waals surface area contributed by atoms with E-state index in [-0.39, 0.29) is 30.1 Å². The lowest BCUT2D eigenvalue weighted by atomic mass is 10.2. The van der Waals surface area contributed by atoms with Gasteiger partial charge in [0.1, 0.15) is 17.6 Å². The molecule has 1 aromatic heterocycles. The van der Waals surface area contributed by atoms with Gasteiger partial charge in [0.05, 0.1) is 14.2 Å². The van der Waals surface area contributed by atoms with Gasteiger partial charge in [-0.15, -0.1) is 24.0 Å². The predicted octanol–water partition coefficient (Wildman–Crippen LogP) is 3.90. The van der Waals surface area contributed by atoms with Crippen LogP contribution in [-0.4, -0.2) is 38.3 Å². The molecule has 0 radical (unpaired) electrons. The average Bonchev–Trinajstić information content (AvgIpc) is 3.28. The molecule has 0 bridgehead atoms. The van der Waals surface area contributed by atoms with Gasteiger partial charge in [0.25, 0.3) is 0 Å². The summed E-state index contributed by atoms with van der Waals surface area (Å²) >= 11 is 0. The summed E-state index contributed by atoms with van der Waals surface area (Å²) in [6.07, 6.45) is 6.74. The molecule has 0 aliphatic heterocycles. The first kappa shape index (κ1) is 24.0. The summed E-state index contributed by atoms with van der Waals surface area (Å²) in [7, 11) is 5.04. The van der Waals surface area contributed by atoms with E-state index in [1.54, 1.807) is 27.5 Å². The molecule has 7 nitrogen and oxygen atoms in total. The fraction of sp³-hybridized carbons (Fsp3) is 0.455. The number of benzene rings is 1. The quantitative estimate of drug-likeness (QED) is 0.309. The minimum Gasteiger partial charge on any atom is -0.497 e. The number of hydrogen-bond donors (Lipinski definition) is 2. The van der Waals surface area contributed by atoms with Crippen LogP contribution in [0.15, 0.2) is 41.5 Å². The molecule has 0 spiro atoms. The fourth-order valence-corrected chi connectivity index (χ4v) is 3.41. The zero-order valence-corrected chi connectivity index (χ0v) is 20.1. The minimum absolute atomic E-state index is 0. The Balaban J connectivity index is 0.00000320. The summed E-state index contributed by atoms with van der Waals surface area (Å²) in [5.74, 6) is 2.93. The molecule has 0 unspecified atom stereocenters. The molecule has 30 heavy (non-hydrogen) atoms. The lowest BCUT2D eigenvalue weighted by molar-refractivity contribution is 0.199. The molecule has 8 heteroatoms. The number of nitrogens with zero attached hydrogens (tertiary/aromatic N) is 2. The van der Waals surface area contributed by atoms with Crippen LogP contribution in [0.3, 0.4) is 0 Å². The van der Waals surface area contributed by atoms with Gasteiger partial charge < -0.3 is 24.8 Å². The number of halogens is 1. The summed E-state index contributed by atoms with van der Waals surface area (Å²) in [4.78, 5) is 8.74. The third-order valence-corrected chi connectivity index (χ3v) is 5.04. The highest BCUT2D eigenvalue weighted by atomic mass is 127. The second-order valence-electron chi connectivity index (χ2n) is 6.95. The summed E-state index contributed by atoms with van der Waals surface area (Å²) in [6, 6.07) is 9.72. The molecule has 2 N–H and O–H groups in total. The number of aliphatic imine (C=N–C) groups is 1. The SMILES string of the molecule is CN=C(NCc1ccc(OC)cc1OC)NCc1cccnc1OC1CCCC1.I. The number of ether oxygens (including phenoxy) is 3. The van der Waals surface area contributed by atoms with Crippen molar-refractivity contribution in [3.05, 3.63) is 47.7 Å². The van der Waals surface area contributed by atoms with Crippen LogP contribution < -0.4 is 24.8 Å². The molecule has 2 aromatic rings. The molecule has 1 saturated carbocycles. The van der Waals surface area contributed by atoms with Crippen molar-refractivity contribution in [1.82, 2.24) is 15.6 Å². The first-order valence-corrected chi connectivity index (χ1v) is 9.99. The Labute approximate surface area is 195 Å². The van der Waals surface area contributed by atoms with Crippen molar-refractivity contribution >= 4 is 29.9 Å². The van der Waals surface area contributed by atoms with Crippen LogP contribution in [0.5, 0.6) is 17.4 Å². The minimum atomic E-state index is 0. The van der Waals surface area contributed by atoms with Crippen LogP contribution in [0.1, 0.15) is 36.8 Å². The molecule has 3 rings (SSSR count).